The number of methoxy groups -OCH3 is 1. The summed E-state index contributed by atoms with van der Waals surface area (Å²) < 4.78 is 30.1. The Bertz CT molecular complexity index is 426. The molecule has 0 bridgehead atoms. The lowest BCUT2D eigenvalue weighted by atomic mass is 10.2. The monoisotopic (exact) mass is 215 g/mol. The summed E-state index contributed by atoms with van der Waals surface area (Å²) in [7, 11) is -0.489. The van der Waals surface area contributed by atoms with E-state index in [-0.39, 0.29) is 4.90 Å². The van der Waals surface area contributed by atoms with Gasteiger partial charge in [-0.05, 0) is 25.6 Å². The lowest BCUT2D eigenvalue weighted by Crippen LogP contribution is -2.18. The van der Waals surface area contributed by atoms with Crippen LogP contribution >= 0.6 is 0 Å². The molecule has 0 unspecified atom stereocenters. The van der Waals surface area contributed by atoms with Gasteiger partial charge in [0, 0.05) is 6.07 Å². The van der Waals surface area contributed by atoms with Gasteiger partial charge in [0.1, 0.15) is 5.75 Å². The first-order valence-electron chi connectivity index (χ1n) is 4.09. The third-order valence-corrected chi connectivity index (χ3v) is 3.37. The Morgan fingerprint density at radius 3 is 2.50 bits per heavy atom. The normalized spacial score (nSPS) is 11.4. The van der Waals surface area contributed by atoms with E-state index < -0.39 is 10.0 Å². The molecular weight excluding hydrogens is 202 g/mol. The SMILES string of the molecule is CNS(=O)(=O)c1ccc(C)c(OC)c1. The number of hydrogen-bond donors (Lipinski definition) is 1. The van der Waals surface area contributed by atoms with E-state index in [1.165, 1.54) is 20.2 Å². The van der Waals surface area contributed by atoms with Gasteiger partial charge in [-0.25, -0.2) is 13.1 Å². The highest BCUT2D eigenvalue weighted by Crippen LogP contribution is 2.21. The van der Waals surface area contributed by atoms with E-state index >= 15 is 0 Å². The van der Waals surface area contributed by atoms with Crippen molar-refractivity contribution >= 4 is 10.0 Å². The Morgan fingerprint density at radius 2 is 2.00 bits per heavy atom. The number of rotatable bonds is 3. The molecule has 0 aromatic heterocycles. The molecule has 0 saturated heterocycles. The van der Waals surface area contributed by atoms with Crippen LogP contribution in [-0.2, 0) is 10.0 Å². The van der Waals surface area contributed by atoms with Gasteiger partial charge >= 0.3 is 0 Å². The number of hydrogen-bond acceptors (Lipinski definition) is 3. The van der Waals surface area contributed by atoms with E-state index in [9.17, 15) is 8.42 Å². The van der Waals surface area contributed by atoms with Crippen molar-refractivity contribution in [2.45, 2.75) is 11.8 Å². The fraction of sp³-hybridized carbons (Fsp3) is 0.333. The molecule has 0 amide bonds. The summed E-state index contributed by atoms with van der Waals surface area (Å²) in [5.41, 5.74) is 0.905. The van der Waals surface area contributed by atoms with Crippen molar-refractivity contribution in [1.29, 1.82) is 0 Å². The van der Waals surface area contributed by atoms with E-state index in [0.29, 0.717) is 5.75 Å². The first-order valence-corrected chi connectivity index (χ1v) is 5.58. The number of ether oxygens (including phenoxy) is 1. The minimum absolute atomic E-state index is 0.211. The zero-order chi connectivity index (χ0) is 10.8. The number of benzene rings is 1. The molecule has 1 aromatic rings. The molecular formula is C9H13NO3S. The molecule has 0 aliphatic rings. The van der Waals surface area contributed by atoms with E-state index in [1.54, 1.807) is 12.1 Å². The number of sulfonamides is 1. The molecule has 1 N–H and O–H groups in total. The average molecular weight is 215 g/mol. The summed E-state index contributed by atoms with van der Waals surface area (Å²) in [6.45, 7) is 1.86. The van der Waals surface area contributed by atoms with E-state index in [2.05, 4.69) is 4.72 Å². The molecule has 0 heterocycles. The van der Waals surface area contributed by atoms with E-state index in [4.69, 9.17) is 4.74 Å². The Balaban J connectivity index is 3.26. The minimum atomic E-state index is -3.38. The topological polar surface area (TPSA) is 55.4 Å². The standard InChI is InChI=1S/C9H13NO3S/c1-7-4-5-8(6-9(7)13-3)14(11,12)10-2/h4-6,10H,1-3H3. The molecule has 1 aromatic carbocycles. The predicted molar refractivity (Wildman–Crippen MR) is 54.0 cm³/mol. The molecule has 1 rings (SSSR count). The fourth-order valence-electron chi connectivity index (χ4n) is 1.09. The van der Waals surface area contributed by atoms with Gasteiger partial charge in [-0.2, -0.15) is 0 Å². The molecule has 0 aliphatic heterocycles. The molecule has 0 atom stereocenters. The molecule has 0 saturated carbocycles. The van der Waals surface area contributed by atoms with Crippen molar-refractivity contribution in [3.05, 3.63) is 23.8 Å². The maximum Gasteiger partial charge on any atom is 0.240 e. The molecule has 0 aliphatic carbocycles. The molecule has 4 nitrogen and oxygen atoms in total. The molecule has 78 valence electrons. The Kier molecular flexibility index (Phi) is 3.13. The minimum Gasteiger partial charge on any atom is -0.496 e. The van der Waals surface area contributed by atoms with Gasteiger partial charge in [0.2, 0.25) is 10.0 Å². The molecule has 5 heteroatoms. The first kappa shape index (κ1) is 11.0. The average Bonchev–Trinajstić information content (AvgIpc) is 2.18. The second kappa shape index (κ2) is 3.98. The summed E-state index contributed by atoms with van der Waals surface area (Å²) in [5, 5.41) is 0. The molecule has 14 heavy (non-hydrogen) atoms. The van der Waals surface area contributed by atoms with Crippen LogP contribution in [0.25, 0.3) is 0 Å². The highest BCUT2D eigenvalue weighted by atomic mass is 32.2. The van der Waals surface area contributed by atoms with Crippen LogP contribution in [0.15, 0.2) is 23.1 Å². The summed E-state index contributed by atoms with van der Waals surface area (Å²) in [5.74, 6) is 0.571. The summed E-state index contributed by atoms with van der Waals surface area (Å²) in [6.07, 6.45) is 0. The van der Waals surface area contributed by atoms with Crippen molar-refractivity contribution in [3.8, 4) is 5.75 Å². The number of nitrogens with one attached hydrogen (secondary N) is 1. The first-order chi connectivity index (χ1) is 6.51. The van der Waals surface area contributed by atoms with Gasteiger partial charge in [-0.3, -0.25) is 0 Å². The Labute approximate surface area is 84.0 Å². The van der Waals surface area contributed by atoms with Crippen LogP contribution in [0.4, 0.5) is 0 Å². The lowest BCUT2D eigenvalue weighted by molar-refractivity contribution is 0.410. The third kappa shape index (κ3) is 2.05. The summed E-state index contributed by atoms with van der Waals surface area (Å²) >= 11 is 0. The van der Waals surface area contributed by atoms with Crippen molar-refractivity contribution < 1.29 is 13.2 Å². The smallest absolute Gasteiger partial charge is 0.240 e. The lowest BCUT2D eigenvalue weighted by Gasteiger charge is -2.07. The summed E-state index contributed by atoms with van der Waals surface area (Å²) in [4.78, 5) is 0.211. The second-order valence-corrected chi connectivity index (χ2v) is 4.73. The van der Waals surface area contributed by atoms with Gasteiger partial charge in [0.15, 0.2) is 0 Å². The van der Waals surface area contributed by atoms with Crippen LogP contribution in [-0.4, -0.2) is 22.6 Å². The van der Waals surface area contributed by atoms with Gasteiger partial charge in [0.25, 0.3) is 0 Å². The van der Waals surface area contributed by atoms with Crippen molar-refractivity contribution in [2.75, 3.05) is 14.2 Å². The van der Waals surface area contributed by atoms with Crippen LogP contribution in [0.3, 0.4) is 0 Å². The van der Waals surface area contributed by atoms with Crippen LogP contribution < -0.4 is 9.46 Å². The molecule has 0 spiro atoms. The van der Waals surface area contributed by atoms with Crippen molar-refractivity contribution in [2.24, 2.45) is 0 Å². The van der Waals surface area contributed by atoms with Crippen LogP contribution in [0, 0.1) is 6.92 Å². The highest BCUT2D eigenvalue weighted by molar-refractivity contribution is 7.89. The molecule has 0 radical (unpaired) electrons. The van der Waals surface area contributed by atoms with Gasteiger partial charge in [0.05, 0.1) is 12.0 Å². The van der Waals surface area contributed by atoms with Gasteiger partial charge in [-0.15, -0.1) is 0 Å². The highest BCUT2D eigenvalue weighted by Gasteiger charge is 2.12. The molecule has 0 fully saturated rings. The van der Waals surface area contributed by atoms with Crippen molar-refractivity contribution in [3.63, 3.8) is 0 Å². The summed E-state index contributed by atoms with van der Waals surface area (Å²) in [6, 6.07) is 4.76. The van der Waals surface area contributed by atoms with Crippen LogP contribution in [0.5, 0.6) is 5.75 Å². The van der Waals surface area contributed by atoms with Crippen LogP contribution in [0.2, 0.25) is 0 Å². The second-order valence-electron chi connectivity index (χ2n) is 2.84. The van der Waals surface area contributed by atoms with Gasteiger partial charge in [-0.1, -0.05) is 6.07 Å². The zero-order valence-corrected chi connectivity index (χ0v) is 9.18. The zero-order valence-electron chi connectivity index (χ0n) is 8.37. The quantitative estimate of drug-likeness (QED) is 0.815. The third-order valence-electron chi connectivity index (χ3n) is 1.96. The predicted octanol–water partition coefficient (Wildman–Crippen LogP) is 0.912. The fourth-order valence-corrected chi connectivity index (χ4v) is 1.83. The van der Waals surface area contributed by atoms with E-state index in [0.717, 1.165) is 5.56 Å². The maximum atomic E-state index is 11.4. The van der Waals surface area contributed by atoms with Crippen LogP contribution in [0.1, 0.15) is 5.56 Å². The maximum absolute atomic E-state index is 11.4. The van der Waals surface area contributed by atoms with E-state index in [1.807, 2.05) is 6.92 Å². The Morgan fingerprint density at radius 1 is 1.36 bits per heavy atom. The van der Waals surface area contributed by atoms with Gasteiger partial charge < -0.3 is 4.74 Å². The Hall–Kier alpha value is -1.07. The number of aryl methyl sites for hydroxylation is 1. The largest absolute Gasteiger partial charge is 0.496 e. The van der Waals surface area contributed by atoms with Crippen molar-refractivity contribution in [1.82, 2.24) is 4.72 Å².